The number of anilines is 1. The first-order chi connectivity index (χ1) is 11.8. The summed E-state index contributed by atoms with van der Waals surface area (Å²) in [4.78, 5) is 19.3. The predicted octanol–water partition coefficient (Wildman–Crippen LogP) is 2.67. The second-order valence-corrected chi connectivity index (χ2v) is 7.26. The van der Waals surface area contributed by atoms with Crippen LogP contribution in [0, 0.1) is 0 Å². The van der Waals surface area contributed by atoms with Gasteiger partial charge in [0.15, 0.2) is 5.65 Å². The molecule has 0 amide bonds. The van der Waals surface area contributed by atoms with Crippen molar-refractivity contribution in [3.05, 3.63) is 51.4 Å². The molecule has 0 aliphatic heterocycles. The van der Waals surface area contributed by atoms with Crippen LogP contribution in [0.25, 0.3) is 11.0 Å². The lowest BCUT2D eigenvalue weighted by Crippen LogP contribution is -2.24. The molecule has 0 saturated carbocycles. The lowest BCUT2D eigenvalue weighted by molar-refractivity contribution is 0.191. The number of nitrogens with zero attached hydrogens (tertiary/aromatic N) is 3. The van der Waals surface area contributed by atoms with Crippen molar-refractivity contribution in [1.29, 1.82) is 0 Å². The molecule has 3 N–H and O–H groups in total. The number of H-pyrrole nitrogens is 1. The number of aromatic nitrogens is 4. The summed E-state index contributed by atoms with van der Waals surface area (Å²) in [5, 5.41) is 18.5. The topological polar surface area (TPSA) is 95.8 Å². The van der Waals surface area contributed by atoms with Gasteiger partial charge in [-0.15, -0.1) is 0 Å². The molecule has 0 unspecified atom stereocenters. The highest BCUT2D eigenvalue weighted by Gasteiger charge is 2.20. The summed E-state index contributed by atoms with van der Waals surface area (Å²) in [7, 11) is 0. The minimum absolute atomic E-state index is 0.194. The number of nitrogens with one attached hydrogen (secondary N) is 2. The van der Waals surface area contributed by atoms with Crippen molar-refractivity contribution in [2.75, 3.05) is 11.9 Å². The van der Waals surface area contributed by atoms with Crippen LogP contribution in [0.2, 0.25) is 5.02 Å². The highest BCUT2D eigenvalue weighted by Crippen LogP contribution is 2.20. The second-order valence-electron chi connectivity index (χ2n) is 6.83. The van der Waals surface area contributed by atoms with Crippen molar-refractivity contribution in [3.63, 3.8) is 0 Å². The van der Waals surface area contributed by atoms with Gasteiger partial charge in [-0.1, -0.05) is 23.7 Å². The number of aromatic amines is 1. The molecule has 0 radical (unpaired) electrons. The molecule has 0 fully saturated rings. The Bertz CT molecular complexity index is 940. The number of benzene rings is 1. The Morgan fingerprint density at radius 2 is 2.00 bits per heavy atom. The first-order valence-electron chi connectivity index (χ1n) is 7.91. The summed E-state index contributed by atoms with van der Waals surface area (Å²) in [6.07, 6.45) is 0.754. The summed E-state index contributed by atoms with van der Waals surface area (Å²) in [6.45, 7) is 6.15. The monoisotopic (exact) mass is 361 g/mol. The van der Waals surface area contributed by atoms with E-state index in [4.69, 9.17) is 11.6 Å². The number of aliphatic hydroxyl groups is 1. The number of aliphatic hydroxyl groups excluding tert-OH is 1. The van der Waals surface area contributed by atoms with Crippen LogP contribution in [0.15, 0.2) is 35.3 Å². The van der Waals surface area contributed by atoms with E-state index in [-0.39, 0.29) is 23.6 Å². The standard InChI is InChI=1S/C17H20ClN5O2/c1-17(2,3)23-14-12(8-20-23)15(25)22-16(21-14)19-9-13(24)10-4-6-11(18)7-5-10/h4-8,13,24H,9H2,1-3H3,(H2,19,21,22,25)/t13-/m1/s1. The first-order valence-corrected chi connectivity index (χ1v) is 8.29. The van der Waals surface area contributed by atoms with Crippen molar-refractivity contribution in [3.8, 4) is 0 Å². The van der Waals surface area contributed by atoms with Gasteiger partial charge < -0.3 is 10.4 Å². The number of fused-ring (bicyclic) bond motifs is 1. The van der Waals surface area contributed by atoms with Crippen molar-refractivity contribution in [1.82, 2.24) is 19.7 Å². The Morgan fingerprint density at radius 1 is 1.32 bits per heavy atom. The summed E-state index contributed by atoms with van der Waals surface area (Å²) < 4.78 is 1.71. The molecule has 3 rings (SSSR count). The molecular formula is C17H20ClN5O2. The van der Waals surface area contributed by atoms with Gasteiger partial charge in [0, 0.05) is 11.6 Å². The van der Waals surface area contributed by atoms with E-state index in [1.807, 2.05) is 20.8 Å². The quantitative estimate of drug-likeness (QED) is 0.664. The van der Waals surface area contributed by atoms with Crippen LogP contribution < -0.4 is 10.9 Å². The molecule has 0 aliphatic carbocycles. The number of rotatable bonds is 4. The molecule has 0 aliphatic rings. The first kappa shape index (κ1) is 17.4. The normalized spacial score (nSPS) is 13.2. The molecule has 1 atom stereocenters. The SMILES string of the molecule is CC(C)(C)n1ncc2c(=O)[nH]c(NC[C@@H](O)c3ccc(Cl)cc3)nc21. The van der Waals surface area contributed by atoms with E-state index in [1.165, 1.54) is 6.20 Å². The fourth-order valence-electron chi connectivity index (χ4n) is 2.49. The molecule has 0 spiro atoms. The molecule has 2 heterocycles. The maximum atomic E-state index is 12.2. The van der Waals surface area contributed by atoms with Crippen molar-refractivity contribution >= 4 is 28.6 Å². The lowest BCUT2D eigenvalue weighted by Gasteiger charge is -2.20. The molecule has 132 valence electrons. The average molecular weight is 362 g/mol. The minimum Gasteiger partial charge on any atom is -0.387 e. The average Bonchev–Trinajstić information content (AvgIpc) is 2.98. The maximum absolute atomic E-state index is 12.2. The molecule has 1 aromatic carbocycles. The van der Waals surface area contributed by atoms with Gasteiger partial charge in [-0.25, -0.2) is 4.68 Å². The Hall–Kier alpha value is -2.38. The number of halogens is 1. The van der Waals surface area contributed by atoms with Gasteiger partial charge >= 0.3 is 0 Å². The van der Waals surface area contributed by atoms with Crippen LogP contribution in [0.1, 0.15) is 32.4 Å². The highest BCUT2D eigenvalue weighted by molar-refractivity contribution is 6.30. The molecule has 8 heteroatoms. The summed E-state index contributed by atoms with van der Waals surface area (Å²) >= 11 is 5.85. The van der Waals surface area contributed by atoms with Crippen molar-refractivity contribution < 1.29 is 5.11 Å². The van der Waals surface area contributed by atoms with Gasteiger partial charge in [-0.3, -0.25) is 9.78 Å². The largest absolute Gasteiger partial charge is 0.387 e. The van der Waals surface area contributed by atoms with Gasteiger partial charge in [0.05, 0.1) is 17.8 Å². The zero-order chi connectivity index (χ0) is 18.2. The smallest absolute Gasteiger partial charge is 0.263 e. The molecule has 7 nitrogen and oxygen atoms in total. The fourth-order valence-corrected chi connectivity index (χ4v) is 2.62. The van der Waals surface area contributed by atoms with E-state index >= 15 is 0 Å². The zero-order valence-electron chi connectivity index (χ0n) is 14.2. The van der Waals surface area contributed by atoms with Gasteiger partial charge in [-0.05, 0) is 38.5 Å². The molecule has 25 heavy (non-hydrogen) atoms. The van der Waals surface area contributed by atoms with E-state index in [0.717, 1.165) is 5.56 Å². The predicted molar refractivity (Wildman–Crippen MR) is 98.0 cm³/mol. The zero-order valence-corrected chi connectivity index (χ0v) is 15.0. The molecular weight excluding hydrogens is 342 g/mol. The lowest BCUT2D eigenvalue weighted by atomic mass is 10.1. The second kappa shape index (κ2) is 6.50. The Kier molecular flexibility index (Phi) is 4.53. The van der Waals surface area contributed by atoms with Crippen LogP contribution in [-0.2, 0) is 5.54 Å². The molecule has 2 aromatic heterocycles. The van der Waals surface area contributed by atoms with Crippen molar-refractivity contribution in [2.45, 2.75) is 32.4 Å². The van der Waals surface area contributed by atoms with E-state index < -0.39 is 6.10 Å². The number of hydrogen-bond acceptors (Lipinski definition) is 5. The van der Waals surface area contributed by atoms with Crippen LogP contribution >= 0.6 is 11.6 Å². The van der Waals surface area contributed by atoms with Crippen molar-refractivity contribution in [2.24, 2.45) is 0 Å². The fraction of sp³-hybridized carbons (Fsp3) is 0.353. The highest BCUT2D eigenvalue weighted by atomic mass is 35.5. The maximum Gasteiger partial charge on any atom is 0.263 e. The van der Waals surface area contributed by atoms with Crippen LogP contribution in [0.4, 0.5) is 5.95 Å². The van der Waals surface area contributed by atoms with E-state index in [2.05, 4.69) is 20.4 Å². The summed E-state index contributed by atoms with van der Waals surface area (Å²) in [6, 6.07) is 6.94. The van der Waals surface area contributed by atoms with E-state index in [0.29, 0.717) is 16.1 Å². The Morgan fingerprint density at radius 3 is 2.64 bits per heavy atom. The molecule has 3 aromatic rings. The Labute approximate surface area is 149 Å². The third-order valence-corrected chi connectivity index (χ3v) is 4.04. The summed E-state index contributed by atoms with van der Waals surface area (Å²) in [5.74, 6) is 0.288. The van der Waals surface area contributed by atoms with Gasteiger partial charge in [-0.2, -0.15) is 10.1 Å². The van der Waals surface area contributed by atoms with Crippen LogP contribution in [0.3, 0.4) is 0 Å². The number of hydrogen-bond donors (Lipinski definition) is 3. The summed E-state index contributed by atoms with van der Waals surface area (Å²) in [5.41, 5.74) is 0.645. The third kappa shape index (κ3) is 3.67. The Balaban J connectivity index is 1.84. The minimum atomic E-state index is -0.759. The third-order valence-electron chi connectivity index (χ3n) is 3.79. The van der Waals surface area contributed by atoms with Gasteiger partial charge in [0.2, 0.25) is 5.95 Å². The molecule has 0 bridgehead atoms. The molecule has 0 saturated heterocycles. The van der Waals surface area contributed by atoms with Gasteiger partial charge in [0.1, 0.15) is 5.39 Å². The van der Waals surface area contributed by atoms with E-state index in [9.17, 15) is 9.90 Å². The van der Waals surface area contributed by atoms with E-state index in [1.54, 1.807) is 28.9 Å². The van der Waals surface area contributed by atoms with Crippen LogP contribution in [0.5, 0.6) is 0 Å². The van der Waals surface area contributed by atoms with Crippen LogP contribution in [-0.4, -0.2) is 31.4 Å². The van der Waals surface area contributed by atoms with Gasteiger partial charge in [0.25, 0.3) is 5.56 Å².